The molecule has 21 heavy (non-hydrogen) atoms. The Morgan fingerprint density at radius 2 is 2.24 bits per heavy atom. The number of hydrogen-bond donors (Lipinski definition) is 2. The summed E-state index contributed by atoms with van der Waals surface area (Å²) >= 11 is 1.70. The number of thiophene rings is 1. The second kappa shape index (κ2) is 4.81. The summed E-state index contributed by atoms with van der Waals surface area (Å²) in [5.74, 6) is 2.28. The molecule has 0 bridgehead atoms. The molecule has 6 heteroatoms. The first-order valence-electron chi connectivity index (χ1n) is 7.64. The fraction of sp³-hybridized carbons (Fsp3) is 0.600. The maximum atomic E-state index is 10.1. The number of rotatable bonds is 2. The van der Waals surface area contributed by atoms with Crippen LogP contribution >= 0.6 is 11.3 Å². The van der Waals surface area contributed by atoms with E-state index in [-0.39, 0.29) is 6.10 Å². The Morgan fingerprint density at radius 3 is 3.00 bits per heavy atom. The lowest BCUT2D eigenvalue weighted by Gasteiger charge is -2.20. The van der Waals surface area contributed by atoms with E-state index in [4.69, 9.17) is 5.73 Å². The number of aryl methyl sites for hydroxylation is 1. The smallest absolute Gasteiger partial charge is 0.223 e. The van der Waals surface area contributed by atoms with Gasteiger partial charge in [0.25, 0.3) is 0 Å². The fourth-order valence-electron chi connectivity index (χ4n) is 3.80. The molecule has 2 aromatic heterocycles. The largest absolute Gasteiger partial charge is 0.393 e. The molecule has 2 aromatic rings. The molecule has 3 heterocycles. The molecule has 0 aromatic carbocycles. The van der Waals surface area contributed by atoms with Crippen molar-refractivity contribution in [3.63, 3.8) is 0 Å². The van der Waals surface area contributed by atoms with E-state index < -0.39 is 0 Å². The Kier molecular flexibility index (Phi) is 3.04. The molecule has 0 radical (unpaired) electrons. The predicted octanol–water partition coefficient (Wildman–Crippen LogP) is 2.04. The van der Waals surface area contributed by atoms with E-state index in [0.29, 0.717) is 17.8 Å². The maximum Gasteiger partial charge on any atom is 0.223 e. The number of aromatic nitrogens is 2. The average molecular weight is 304 g/mol. The van der Waals surface area contributed by atoms with Gasteiger partial charge in [0, 0.05) is 23.9 Å². The van der Waals surface area contributed by atoms with Crippen LogP contribution in [0.2, 0.25) is 0 Å². The van der Waals surface area contributed by atoms with Crippen molar-refractivity contribution in [1.82, 2.24) is 9.97 Å². The van der Waals surface area contributed by atoms with Gasteiger partial charge in [0.05, 0.1) is 11.5 Å². The zero-order valence-corrected chi connectivity index (χ0v) is 12.9. The minimum Gasteiger partial charge on any atom is -0.393 e. The fourth-order valence-corrected chi connectivity index (χ4v) is 4.77. The monoisotopic (exact) mass is 304 g/mol. The predicted molar refractivity (Wildman–Crippen MR) is 85.6 cm³/mol. The van der Waals surface area contributed by atoms with Crippen LogP contribution in [0.3, 0.4) is 0 Å². The van der Waals surface area contributed by atoms with Crippen LogP contribution in [0.1, 0.15) is 24.6 Å². The van der Waals surface area contributed by atoms with Crippen LogP contribution < -0.4 is 10.6 Å². The first-order valence-corrected chi connectivity index (χ1v) is 8.46. The summed E-state index contributed by atoms with van der Waals surface area (Å²) in [5.41, 5.74) is 5.89. The number of nitrogens with zero attached hydrogens (tertiary/aromatic N) is 3. The highest BCUT2D eigenvalue weighted by Gasteiger charge is 2.42. The van der Waals surface area contributed by atoms with Crippen LogP contribution in [0.5, 0.6) is 0 Å². The number of aliphatic hydroxyl groups excluding tert-OH is 1. The molecule has 2 fully saturated rings. The molecular weight excluding hydrogens is 284 g/mol. The van der Waals surface area contributed by atoms with Crippen molar-refractivity contribution in [1.29, 1.82) is 0 Å². The van der Waals surface area contributed by atoms with E-state index in [1.54, 1.807) is 11.3 Å². The summed E-state index contributed by atoms with van der Waals surface area (Å²) in [6.45, 7) is 4.01. The van der Waals surface area contributed by atoms with E-state index >= 15 is 0 Å². The SMILES string of the molecule is CCc1cc2c(N3CC4CCC(O)C4C3)nc(N)nc2s1. The third-order valence-corrected chi connectivity index (χ3v) is 6.08. The lowest BCUT2D eigenvalue weighted by molar-refractivity contribution is 0.133. The summed E-state index contributed by atoms with van der Waals surface area (Å²) < 4.78 is 0. The molecule has 112 valence electrons. The minimum atomic E-state index is -0.150. The number of nitrogens with two attached hydrogens (primary N) is 1. The van der Waals surface area contributed by atoms with Crippen LogP contribution in [-0.2, 0) is 6.42 Å². The third kappa shape index (κ3) is 2.08. The zero-order chi connectivity index (χ0) is 14.6. The Hall–Kier alpha value is -1.40. The third-order valence-electron chi connectivity index (χ3n) is 4.91. The van der Waals surface area contributed by atoms with E-state index in [1.165, 1.54) is 4.88 Å². The Morgan fingerprint density at radius 1 is 1.38 bits per heavy atom. The Bertz CT molecular complexity index is 686. The molecule has 3 atom stereocenters. The van der Waals surface area contributed by atoms with Crippen molar-refractivity contribution in [2.24, 2.45) is 11.8 Å². The summed E-state index contributed by atoms with van der Waals surface area (Å²) in [4.78, 5) is 13.5. The average Bonchev–Trinajstić information content (AvgIpc) is 3.13. The second-order valence-electron chi connectivity index (χ2n) is 6.16. The van der Waals surface area contributed by atoms with E-state index in [1.807, 2.05) is 0 Å². The van der Waals surface area contributed by atoms with Crippen molar-refractivity contribution in [2.45, 2.75) is 32.3 Å². The lowest BCUT2D eigenvalue weighted by Crippen LogP contribution is -2.25. The number of hydrogen-bond acceptors (Lipinski definition) is 6. The molecule has 3 unspecified atom stereocenters. The summed E-state index contributed by atoms with van der Waals surface area (Å²) in [7, 11) is 0. The van der Waals surface area contributed by atoms with Gasteiger partial charge >= 0.3 is 0 Å². The first-order chi connectivity index (χ1) is 10.2. The standard InChI is InChI=1S/C15H20N4OS/c1-2-9-5-10-13(17-15(16)18-14(10)21-9)19-6-8-3-4-12(20)11(8)7-19/h5,8,11-12,20H,2-4,6-7H2,1H3,(H2,16,17,18). The van der Waals surface area contributed by atoms with Crippen molar-refractivity contribution in [3.05, 3.63) is 10.9 Å². The van der Waals surface area contributed by atoms with Crippen LogP contribution in [0.25, 0.3) is 10.2 Å². The van der Waals surface area contributed by atoms with E-state index in [0.717, 1.165) is 48.4 Å². The molecule has 0 amide bonds. The highest BCUT2D eigenvalue weighted by molar-refractivity contribution is 7.18. The number of nitrogen functional groups attached to an aromatic ring is 1. The quantitative estimate of drug-likeness (QED) is 0.888. The Labute approximate surface area is 127 Å². The molecule has 4 rings (SSSR count). The molecule has 1 aliphatic carbocycles. The number of fused-ring (bicyclic) bond motifs is 2. The van der Waals surface area contributed by atoms with E-state index in [2.05, 4.69) is 27.9 Å². The molecule has 1 saturated heterocycles. The molecule has 1 aliphatic heterocycles. The molecule has 3 N–H and O–H groups in total. The number of aliphatic hydroxyl groups is 1. The molecule has 0 spiro atoms. The summed E-state index contributed by atoms with van der Waals surface area (Å²) in [5, 5.41) is 11.2. The van der Waals surface area contributed by atoms with Gasteiger partial charge in [-0.15, -0.1) is 11.3 Å². The minimum absolute atomic E-state index is 0.150. The van der Waals surface area contributed by atoms with Crippen molar-refractivity contribution in [3.8, 4) is 0 Å². The summed E-state index contributed by atoms with van der Waals surface area (Å²) in [6.07, 6.45) is 2.92. The second-order valence-corrected chi connectivity index (χ2v) is 7.28. The van der Waals surface area contributed by atoms with Gasteiger partial charge in [-0.1, -0.05) is 6.92 Å². The van der Waals surface area contributed by atoms with Crippen LogP contribution in [0.15, 0.2) is 6.07 Å². The lowest BCUT2D eigenvalue weighted by atomic mass is 10.00. The van der Waals surface area contributed by atoms with Crippen LogP contribution in [-0.4, -0.2) is 34.3 Å². The van der Waals surface area contributed by atoms with Gasteiger partial charge in [-0.25, -0.2) is 4.98 Å². The molecular formula is C15H20N4OS. The zero-order valence-electron chi connectivity index (χ0n) is 12.1. The van der Waals surface area contributed by atoms with Gasteiger partial charge < -0.3 is 15.7 Å². The van der Waals surface area contributed by atoms with Crippen LogP contribution in [0.4, 0.5) is 11.8 Å². The van der Waals surface area contributed by atoms with Gasteiger partial charge in [0.15, 0.2) is 0 Å². The van der Waals surface area contributed by atoms with Gasteiger partial charge in [-0.05, 0) is 31.2 Å². The highest BCUT2D eigenvalue weighted by atomic mass is 32.1. The summed E-state index contributed by atoms with van der Waals surface area (Å²) in [6, 6.07) is 2.19. The van der Waals surface area contributed by atoms with Crippen molar-refractivity contribution < 1.29 is 5.11 Å². The normalized spacial score (nSPS) is 28.5. The first kappa shape index (κ1) is 13.3. The van der Waals surface area contributed by atoms with Gasteiger partial charge in [0.2, 0.25) is 5.95 Å². The molecule has 5 nitrogen and oxygen atoms in total. The van der Waals surface area contributed by atoms with Gasteiger partial charge in [0.1, 0.15) is 10.6 Å². The Balaban J connectivity index is 1.75. The van der Waals surface area contributed by atoms with Crippen LogP contribution in [0, 0.1) is 11.8 Å². The maximum absolute atomic E-state index is 10.1. The molecule has 1 saturated carbocycles. The topological polar surface area (TPSA) is 75.3 Å². The van der Waals surface area contributed by atoms with Crippen molar-refractivity contribution in [2.75, 3.05) is 23.7 Å². The number of anilines is 2. The van der Waals surface area contributed by atoms with Crippen molar-refractivity contribution >= 4 is 33.3 Å². The van der Waals surface area contributed by atoms with E-state index in [9.17, 15) is 5.11 Å². The molecule has 2 aliphatic rings. The van der Waals surface area contributed by atoms with Gasteiger partial charge in [-0.2, -0.15) is 4.98 Å². The highest BCUT2D eigenvalue weighted by Crippen LogP contribution is 2.41. The van der Waals surface area contributed by atoms with Gasteiger partial charge in [-0.3, -0.25) is 0 Å².